The van der Waals surface area contributed by atoms with E-state index in [1.54, 1.807) is 27.2 Å². The molecule has 152 valence electrons. The van der Waals surface area contributed by atoms with Gasteiger partial charge >= 0.3 is 0 Å². The molecule has 0 aromatic carbocycles. The third kappa shape index (κ3) is 5.55. The van der Waals surface area contributed by atoms with Crippen LogP contribution in [-0.4, -0.2) is 74.7 Å². The number of nitrogens with one attached hydrogen (secondary N) is 1. The summed E-state index contributed by atoms with van der Waals surface area (Å²) in [6.45, 7) is 8.36. The monoisotopic (exact) mass is 398 g/mol. The van der Waals surface area contributed by atoms with Crippen molar-refractivity contribution < 1.29 is 17.9 Å². The SMILES string of the molecule is CCNC(=NCc1cccnc1OCCOC)N1CCS(=O)(=O)C(C)(C)C1. The van der Waals surface area contributed by atoms with Crippen molar-refractivity contribution in [3.8, 4) is 5.88 Å². The van der Waals surface area contributed by atoms with Crippen LogP contribution in [0.3, 0.4) is 0 Å². The molecule has 0 unspecified atom stereocenters. The number of pyridine rings is 1. The zero-order valence-corrected chi connectivity index (χ0v) is 17.4. The molecular weight excluding hydrogens is 368 g/mol. The Hall–Kier alpha value is -1.87. The molecule has 0 amide bonds. The highest BCUT2D eigenvalue weighted by Gasteiger charge is 2.40. The number of sulfone groups is 1. The summed E-state index contributed by atoms with van der Waals surface area (Å²) < 4.78 is 34.4. The van der Waals surface area contributed by atoms with Gasteiger partial charge in [0.15, 0.2) is 15.8 Å². The molecule has 1 aliphatic heterocycles. The molecular formula is C18H30N4O4S. The molecule has 0 bridgehead atoms. The molecule has 1 N–H and O–H groups in total. The maximum Gasteiger partial charge on any atom is 0.218 e. The van der Waals surface area contributed by atoms with Crippen molar-refractivity contribution in [2.24, 2.45) is 4.99 Å². The Morgan fingerprint density at radius 2 is 2.19 bits per heavy atom. The van der Waals surface area contributed by atoms with Gasteiger partial charge in [0, 0.05) is 38.5 Å². The molecule has 0 spiro atoms. The van der Waals surface area contributed by atoms with Crippen LogP contribution in [0.1, 0.15) is 26.3 Å². The number of guanidine groups is 1. The predicted molar refractivity (Wildman–Crippen MR) is 106 cm³/mol. The van der Waals surface area contributed by atoms with Crippen molar-refractivity contribution in [2.45, 2.75) is 32.1 Å². The van der Waals surface area contributed by atoms with E-state index < -0.39 is 14.6 Å². The van der Waals surface area contributed by atoms with Crippen molar-refractivity contribution in [1.82, 2.24) is 15.2 Å². The third-order valence-corrected chi connectivity index (χ3v) is 6.99. The highest BCUT2D eigenvalue weighted by molar-refractivity contribution is 7.92. The maximum absolute atomic E-state index is 12.3. The quantitative estimate of drug-likeness (QED) is 0.417. The lowest BCUT2D eigenvalue weighted by Crippen LogP contribution is -2.57. The fourth-order valence-corrected chi connectivity index (χ4v) is 4.17. The van der Waals surface area contributed by atoms with E-state index in [1.807, 2.05) is 24.0 Å². The summed E-state index contributed by atoms with van der Waals surface area (Å²) in [4.78, 5) is 11.0. The second-order valence-electron chi connectivity index (χ2n) is 6.98. The molecule has 1 aliphatic rings. The predicted octanol–water partition coefficient (Wildman–Crippen LogP) is 1.08. The Labute approximate surface area is 161 Å². The summed E-state index contributed by atoms with van der Waals surface area (Å²) in [6.07, 6.45) is 1.68. The number of rotatable bonds is 7. The first-order valence-corrected chi connectivity index (χ1v) is 10.8. The first kappa shape index (κ1) is 21.4. The minimum atomic E-state index is -3.10. The molecule has 0 radical (unpaired) electrons. The molecule has 2 rings (SSSR count). The lowest BCUT2D eigenvalue weighted by atomic mass is 10.2. The van der Waals surface area contributed by atoms with Gasteiger partial charge in [-0.25, -0.2) is 18.4 Å². The second kappa shape index (κ2) is 9.36. The number of hydrogen-bond donors (Lipinski definition) is 1. The molecule has 1 saturated heterocycles. The second-order valence-corrected chi connectivity index (χ2v) is 9.72. The topological polar surface area (TPSA) is 93.1 Å². The van der Waals surface area contributed by atoms with Crippen molar-refractivity contribution in [1.29, 1.82) is 0 Å². The maximum atomic E-state index is 12.3. The first-order valence-electron chi connectivity index (χ1n) is 9.12. The fraction of sp³-hybridized carbons (Fsp3) is 0.667. The molecule has 1 fully saturated rings. The Bertz CT molecular complexity index is 749. The summed E-state index contributed by atoms with van der Waals surface area (Å²) >= 11 is 0. The molecule has 0 atom stereocenters. The van der Waals surface area contributed by atoms with E-state index in [4.69, 9.17) is 14.5 Å². The van der Waals surface area contributed by atoms with Gasteiger partial charge in [0.25, 0.3) is 0 Å². The summed E-state index contributed by atoms with van der Waals surface area (Å²) in [7, 11) is -1.47. The molecule has 0 saturated carbocycles. The van der Waals surface area contributed by atoms with Crippen LogP contribution in [0.2, 0.25) is 0 Å². The van der Waals surface area contributed by atoms with Crippen LogP contribution in [0.15, 0.2) is 23.3 Å². The summed E-state index contributed by atoms with van der Waals surface area (Å²) in [5.74, 6) is 1.37. The van der Waals surface area contributed by atoms with E-state index in [2.05, 4.69) is 10.3 Å². The third-order valence-electron chi connectivity index (χ3n) is 4.45. The molecule has 27 heavy (non-hydrogen) atoms. The summed E-state index contributed by atoms with van der Waals surface area (Å²) in [6, 6.07) is 3.77. The highest BCUT2D eigenvalue weighted by atomic mass is 32.2. The van der Waals surface area contributed by atoms with Crippen molar-refractivity contribution in [2.75, 3.05) is 45.7 Å². The number of methoxy groups -OCH3 is 1. The molecule has 9 heteroatoms. The molecule has 8 nitrogen and oxygen atoms in total. The van der Waals surface area contributed by atoms with Gasteiger partial charge in [0.2, 0.25) is 5.88 Å². The largest absolute Gasteiger partial charge is 0.475 e. The standard InChI is InChI=1S/C18H30N4O4S/c1-5-19-17(22-9-12-27(23,24)18(2,3)14-22)21-13-15-7-6-8-20-16(15)26-11-10-25-4/h6-8H,5,9-14H2,1-4H3,(H,19,21). The first-order chi connectivity index (χ1) is 12.8. The van der Waals surface area contributed by atoms with Gasteiger partial charge < -0.3 is 19.7 Å². The lowest BCUT2D eigenvalue weighted by Gasteiger charge is -2.39. The number of aromatic nitrogens is 1. The van der Waals surface area contributed by atoms with Gasteiger partial charge in [-0.05, 0) is 26.8 Å². The smallest absolute Gasteiger partial charge is 0.218 e. The Morgan fingerprint density at radius 1 is 1.41 bits per heavy atom. The van der Waals surface area contributed by atoms with Crippen molar-refractivity contribution >= 4 is 15.8 Å². The minimum Gasteiger partial charge on any atom is -0.475 e. The van der Waals surface area contributed by atoms with E-state index >= 15 is 0 Å². The van der Waals surface area contributed by atoms with Gasteiger partial charge in [-0.1, -0.05) is 6.07 Å². The van der Waals surface area contributed by atoms with E-state index in [-0.39, 0.29) is 5.75 Å². The van der Waals surface area contributed by atoms with Crippen LogP contribution in [0.25, 0.3) is 0 Å². The van der Waals surface area contributed by atoms with E-state index in [0.29, 0.717) is 51.2 Å². The van der Waals surface area contributed by atoms with Crippen molar-refractivity contribution in [3.05, 3.63) is 23.9 Å². The van der Waals surface area contributed by atoms with Gasteiger partial charge in [0.05, 0.1) is 23.7 Å². The normalized spacial score (nSPS) is 19.0. The van der Waals surface area contributed by atoms with E-state index in [1.165, 1.54) is 0 Å². The van der Waals surface area contributed by atoms with Crippen LogP contribution in [-0.2, 0) is 21.1 Å². The average Bonchev–Trinajstić information content (AvgIpc) is 2.62. The van der Waals surface area contributed by atoms with Crippen LogP contribution in [0.4, 0.5) is 0 Å². The number of hydrogen-bond acceptors (Lipinski definition) is 6. The van der Waals surface area contributed by atoms with Crippen LogP contribution >= 0.6 is 0 Å². The molecule has 1 aromatic rings. The van der Waals surface area contributed by atoms with Crippen molar-refractivity contribution in [3.63, 3.8) is 0 Å². The Balaban J connectivity index is 2.15. The highest BCUT2D eigenvalue weighted by Crippen LogP contribution is 2.24. The van der Waals surface area contributed by atoms with E-state index in [9.17, 15) is 8.42 Å². The summed E-state index contributed by atoms with van der Waals surface area (Å²) in [5.41, 5.74) is 0.868. The van der Waals surface area contributed by atoms with Gasteiger partial charge in [-0.3, -0.25) is 0 Å². The number of nitrogens with zero attached hydrogens (tertiary/aromatic N) is 3. The minimum absolute atomic E-state index is 0.128. The Morgan fingerprint density at radius 3 is 2.85 bits per heavy atom. The fourth-order valence-electron chi connectivity index (χ4n) is 2.81. The van der Waals surface area contributed by atoms with E-state index in [0.717, 1.165) is 5.56 Å². The number of aliphatic imine (C=N–C) groups is 1. The Kier molecular flexibility index (Phi) is 7.43. The van der Waals surface area contributed by atoms with Crippen LogP contribution < -0.4 is 10.1 Å². The molecule has 2 heterocycles. The van der Waals surface area contributed by atoms with Gasteiger partial charge in [0.1, 0.15) is 6.61 Å². The van der Waals surface area contributed by atoms with Crippen LogP contribution in [0.5, 0.6) is 5.88 Å². The molecule has 0 aliphatic carbocycles. The number of ether oxygens (including phenoxy) is 2. The lowest BCUT2D eigenvalue weighted by molar-refractivity contribution is 0.143. The molecule has 1 aromatic heterocycles. The van der Waals surface area contributed by atoms with Gasteiger partial charge in [-0.2, -0.15) is 0 Å². The zero-order valence-electron chi connectivity index (χ0n) is 16.6. The van der Waals surface area contributed by atoms with Crippen LogP contribution in [0, 0.1) is 0 Å². The van der Waals surface area contributed by atoms with Gasteiger partial charge in [-0.15, -0.1) is 0 Å². The average molecular weight is 399 g/mol. The summed E-state index contributed by atoms with van der Waals surface area (Å²) in [5, 5.41) is 3.26. The zero-order chi connectivity index (χ0) is 19.9.